The summed E-state index contributed by atoms with van der Waals surface area (Å²) in [5, 5.41) is 11.6. The average Bonchev–Trinajstić information content (AvgIpc) is 1.88. The number of carboxylic acid groups (broad SMARTS) is 1. The molecule has 58 valence electrons. The molecule has 0 radical (unpaired) electrons. The van der Waals surface area contributed by atoms with Gasteiger partial charge in [-0.15, -0.1) is 0 Å². The lowest BCUT2D eigenvalue weighted by atomic mass is 10.3. The van der Waals surface area contributed by atoms with E-state index in [0.717, 1.165) is 5.75 Å². The van der Waals surface area contributed by atoms with Crippen LogP contribution in [0.1, 0.15) is 6.92 Å². The zero-order chi connectivity index (χ0) is 7.56. The molecule has 2 atom stereocenters. The standard InChI is InChI=1S/C6H11NO2S/c1-4-2-10-3-5(7-4)6(8)9/h4-5,7H,2-3H2,1H3,(H,8,9). The number of carbonyl (C=O) groups is 1. The fourth-order valence-corrected chi connectivity index (χ4v) is 2.01. The molecule has 1 aliphatic heterocycles. The van der Waals surface area contributed by atoms with E-state index in [4.69, 9.17) is 5.11 Å². The number of rotatable bonds is 1. The molecular weight excluding hydrogens is 150 g/mol. The highest BCUT2D eigenvalue weighted by atomic mass is 32.2. The summed E-state index contributed by atoms with van der Waals surface area (Å²) in [4.78, 5) is 10.4. The highest BCUT2D eigenvalue weighted by molar-refractivity contribution is 7.99. The van der Waals surface area contributed by atoms with E-state index in [0.29, 0.717) is 11.8 Å². The monoisotopic (exact) mass is 161 g/mol. The minimum atomic E-state index is -0.737. The van der Waals surface area contributed by atoms with Crippen LogP contribution in [0, 0.1) is 0 Å². The van der Waals surface area contributed by atoms with Crippen LogP contribution in [0.3, 0.4) is 0 Å². The smallest absolute Gasteiger partial charge is 0.321 e. The number of hydrogen-bond acceptors (Lipinski definition) is 3. The Kier molecular flexibility index (Phi) is 2.56. The lowest BCUT2D eigenvalue weighted by Crippen LogP contribution is -2.48. The molecule has 10 heavy (non-hydrogen) atoms. The summed E-state index contributed by atoms with van der Waals surface area (Å²) in [6.45, 7) is 2.00. The fourth-order valence-electron chi connectivity index (χ4n) is 0.945. The van der Waals surface area contributed by atoms with Crippen molar-refractivity contribution in [3.63, 3.8) is 0 Å². The van der Waals surface area contributed by atoms with E-state index in [1.54, 1.807) is 11.8 Å². The van der Waals surface area contributed by atoms with Gasteiger partial charge in [0.2, 0.25) is 0 Å². The van der Waals surface area contributed by atoms with Crippen molar-refractivity contribution >= 4 is 17.7 Å². The molecule has 0 aliphatic carbocycles. The second-order valence-corrected chi connectivity index (χ2v) is 3.57. The van der Waals surface area contributed by atoms with Crippen LogP contribution in [0.5, 0.6) is 0 Å². The van der Waals surface area contributed by atoms with Crippen LogP contribution in [0.2, 0.25) is 0 Å². The number of aliphatic carboxylic acids is 1. The minimum Gasteiger partial charge on any atom is -0.480 e. The van der Waals surface area contributed by atoms with Crippen LogP contribution in [0.4, 0.5) is 0 Å². The summed E-state index contributed by atoms with van der Waals surface area (Å²) in [6, 6.07) is -0.00593. The molecule has 0 saturated carbocycles. The Morgan fingerprint density at radius 1 is 1.70 bits per heavy atom. The number of nitrogens with one attached hydrogen (secondary N) is 1. The zero-order valence-electron chi connectivity index (χ0n) is 5.83. The van der Waals surface area contributed by atoms with Crippen molar-refractivity contribution in [2.24, 2.45) is 0 Å². The van der Waals surface area contributed by atoms with Crippen LogP contribution in [0.15, 0.2) is 0 Å². The molecule has 2 unspecified atom stereocenters. The van der Waals surface area contributed by atoms with Crippen LogP contribution in [-0.4, -0.2) is 34.7 Å². The van der Waals surface area contributed by atoms with E-state index in [-0.39, 0.29) is 6.04 Å². The Balaban J connectivity index is 2.39. The van der Waals surface area contributed by atoms with Gasteiger partial charge in [0.1, 0.15) is 6.04 Å². The molecule has 1 aliphatic rings. The van der Waals surface area contributed by atoms with Crippen LogP contribution in [-0.2, 0) is 4.79 Å². The minimum absolute atomic E-state index is 0.333. The van der Waals surface area contributed by atoms with Crippen LogP contribution in [0.25, 0.3) is 0 Å². The van der Waals surface area contributed by atoms with Crippen molar-refractivity contribution in [2.75, 3.05) is 11.5 Å². The van der Waals surface area contributed by atoms with Gasteiger partial charge >= 0.3 is 5.97 Å². The predicted octanol–water partition coefficient (Wildman–Crippen LogP) is 0.165. The largest absolute Gasteiger partial charge is 0.480 e. The lowest BCUT2D eigenvalue weighted by Gasteiger charge is -2.24. The van der Waals surface area contributed by atoms with Gasteiger partial charge in [-0.25, -0.2) is 0 Å². The summed E-state index contributed by atoms with van der Waals surface area (Å²) in [5.74, 6) is 0.975. The maximum Gasteiger partial charge on any atom is 0.321 e. The highest BCUT2D eigenvalue weighted by Gasteiger charge is 2.23. The van der Waals surface area contributed by atoms with E-state index in [1.165, 1.54) is 0 Å². The Morgan fingerprint density at radius 3 is 2.80 bits per heavy atom. The van der Waals surface area contributed by atoms with Gasteiger partial charge in [0, 0.05) is 17.5 Å². The van der Waals surface area contributed by atoms with Crippen molar-refractivity contribution in [1.82, 2.24) is 5.32 Å². The lowest BCUT2D eigenvalue weighted by molar-refractivity contribution is -0.139. The molecule has 1 fully saturated rings. The van der Waals surface area contributed by atoms with E-state index < -0.39 is 5.97 Å². The molecule has 0 bridgehead atoms. The molecule has 0 amide bonds. The third-order valence-corrected chi connectivity index (χ3v) is 2.74. The van der Waals surface area contributed by atoms with E-state index in [1.807, 2.05) is 6.92 Å². The Morgan fingerprint density at radius 2 is 2.40 bits per heavy atom. The van der Waals surface area contributed by atoms with Crippen molar-refractivity contribution in [2.45, 2.75) is 19.0 Å². The Labute approximate surface area is 64.2 Å². The Bertz CT molecular complexity index is 140. The highest BCUT2D eigenvalue weighted by Crippen LogP contribution is 2.11. The zero-order valence-corrected chi connectivity index (χ0v) is 6.65. The molecule has 3 nitrogen and oxygen atoms in total. The first-order chi connectivity index (χ1) is 4.70. The average molecular weight is 161 g/mol. The normalized spacial score (nSPS) is 33.7. The van der Waals surface area contributed by atoms with Crippen molar-refractivity contribution in [3.05, 3.63) is 0 Å². The summed E-state index contributed by atoms with van der Waals surface area (Å²) >= 11 is 1.70. The molecule has 2 N–H and O–H groups in total. The van der Waals surface area contributed by atoms with E-state index in [9.17, 15) is 4.79 Å². The van der Waals surface area contributed by atoms with Crippen LogP contribution >= 0.6 is 11.8 Å². The molecule has 1 heterocycles. The van der Waals surface area contributed by atoms with Gasteiger partial charge in [0.05, 0.1) is 0 Å². The molecule has 1 saturated heterocycles. The molecule has 0 aromatic heterocycles. The third-order valence-electron chi connectivity index (χ3n) is 1.44. The van der Waals surface area contributed by atoms with Gasteiger partial charge < -0.3 is 10.4 Å². The van der Waals surface area contributed by atoms with E-state index >= 15 is 0 Å². The first kappa shape index (κ1) is 7.88. The second kappa shape index (κ2) is 3.25. The van der Waals surface area contributed by atoms with Gasteiger partial charge in [-0.2, -0.15) is 11.8 Å². The number of carboxylic acids is 1. The molecule has 1 rings (SSSR count). The second-order valence-electron chi connectivity index (χ2n) is 2.50. The summed E-state index contributed by atoms with van der Waals surface area (Å²) in [5.41, 5.74) is 0. The van der Waals surface area contributed by atoms with Crippen LogP contribution < -0.4 is 5.32 Å². The molecule has 0 spiro atoms. The molecule has 0 aromatic rings. The fraction of sp³-hybridized carbons (Fsp3) is 0.833. The SMILES string of the molecule is CC1CSCC(C(=O)O)N1. The first-order valence-corrected chi connectivity index (χ1v) is 4.42. The first-order valence-electron chi connectivity index (χ1n) is 3.26. The maximum atomic E-state index is 10.4. The van der Waals surface area contributed by atoms with Crippen molar-refractivity contribution < 1.29 is 9.90 Å². The van der Waals surface area contributed by atoms with E-state index in [2.05, 4.69) is 5.32 Å². The quantitative estimate of drug-likeness (QED) is 0.575. The molecular formula is C6H11NO2S. The van der Waals surface area contributed by atoms with Gasteiger partial charge in [-0.05, 0) is 6.92 Å². The van der Waals surface area contributed by atoms with Gasteiger partial charge in [0.15, 0.2) is 0 Å². The predicted molar refractivity (Wildman–Crippen MR) is 41.3 cm³/mol. The summed E-state index contributed by atoms with van der Waals surface area (Å²) in [6.07, 6.45) is 0. The molecule has 4 heteroatoms. The number of hydrogen-bond donors (Lipinski definition) is 2. The van der Waals surface area contributed by atoms with Gasteiger partial charge in [-0.1, -0.05) is 0 Å². The Hall–Kier alpha value is -0.220. The summed E-state index contributed by atoms with van der Waals surface area (Å²) < 4.78 is 0. The van der Waals surface area contributed by atoms with Gasteiger partial charge in [-0.3, -0.25) is 4.79 Å². The van der Waals surface area contributed by atoms with Crippen molar-refractivity contribution in [1.29, 1.82) is 0 Å². The third kappa shape index (κ3) is 1.88. The van der Waals surface area contributed by atoms with Crippen molar-refractivity contribution in [3.8, 4) is 0 Å². The maximum absolute atomic E-state index is 10.4. The summed E-state index contributed by atoms with van der Waals surface area (Å²) in [7, 11) is 0. The number of thioether (sulfide) groups is 1. The topological polar surface area (TPSA) is 49.3 Å². The molecule has 0 aromatic carbocycles. The van der Waals surface area contributed by atoms with Gasteiger partial charge in [0.25, 0.3) is 0 Å².